The van der Waals surface area contributed by atoms with Gasteiger partial charge in [0.2, 0.25) is 0 Å². The van der Waals surface area contributed by atoms with E-state index in [0.717, 1.165) is 44.7 Å². The van der Waals surface area contributed by atoms with Gasteiger partial charge in [0.1, 0.15) is 0 Å². The summed E-state index contributed by atoms with van der Waals surface area (Å²) in [7, 11) is 0. The van der Waals surface area contributed by atoms with E-state index in [9.17, 15) is 9.59 Å². The molecule has 0 radical (unpaired) electrons. The zero-order valence-electron chi connectivity index (χ0n) is 23.4. The Balaban J connectivity index is 1.74. The molecule has 7 nitrogen and oxygen atoms in total. The minimum atomic E-state index is -0.465. The van der Waals surface area contributed by atoms with Gasteiger partial charge >= 0.3 is 11.9 Å². The van der Waals surface area contributed by atoms with Gasteiger partial charge in [0.05, 0.1) is 18.1 Å². The highest BCUT2D eigenvalue weighted by atomic mass is 32.2. The molecule has 0 heterocycles. The molecule has 4 aromatic rings. The largest absolute Gasteiger partial charge is 0.331 e. The van der Waals surface area contributed by atoms with E-state index in [0.29, 0.717) is 0 Å². The fourth-order valence-corrected chi connectivity index (χ4v) is 5.24. The van der Waals surface area contributed by atoms with Crippen molar-refractivity contribution in [2.45, 2.75) is 44.9 Å². The number of fused-ring (bicyclic) bond motifs is 1. The van der Waals surface area contributed by atoms with Crippen LogP contribution in [-0.2, 0) is 19.3 Å². The number of carbonyl (C=O) groups excluding carboxylic acids is 2. The number of hydrogen-bond donors (Lipinski definition) is 0. The number of unbranched alkanes of at least 4 members (excludes halogenated alkanes) is 2. The lowest BCUT2D eigenvalue weighted by atomic mass is 10.0. The monoisotopic (exact) mass is 567 g/mol. The predicted octanol–water partition coefficient (Wildman–Crippen LogP) is 8.39. The van der Waals surface area contributed by atoms with Crippen LogP contribution in [-0.4, -0.2) is 30.1 Å². The van der Waals surface area contributed by atoms with Crippen LogP contribution < -0.4 is 4.90 Å². The van der Waals surface area contributed by atoms with E-state index in [-0.39, 0.29) is 0 Å². The molecule has 0 aliphatic heterocycles. The molecule has 0 N–H and O–H groups in total. The highest BCUT2D eigenvalue weighted by Gasteiger charge is 2.16. The highest BCUT2D eigenvalue weighted by molar-refractivity contribution is 7.99. The van der Waals surface area contributed by atoms with E-state index in [4.69, 9.17) is 9.68 Å². The summed E-state index contributed by atoms with van der Waals surface area (Å²) in [4.78, 5) is 35.0. The van der Waals surface area contributed by atoms with E-state index >= 15 is 0 Å². The van der Waals surface area contributed by atoms with Gasteiger partial charge in [-0.05, 0) is 71.2 Å². The molecule has 0 spiro atoms. The Bertz CT molecular complexity index is 1550. The van der Waals surface area contributed by atoms with Crippen LogP contribution in [0.3, 0.4) is 0 Å². The first-order valence-electron chi connectivity index (χ1n) is 13.5. The van der Waals surface area contributed by atoms with Crippen molar-refractivity contribution in [1.29, 1.82) is 0 Å². The molecule has 8 heteroatoms. The molecule has 0 saturated heterocycles. The first-order chi connectivity index (χ1) is 19.9. The number of nitrogens with zero attached hydrogens (tertiary/aromatic N) is 3. The minimum absolute atomic E-state index is 0.464. The van der Waals surface area contributed by atoms with Crippen molar-refractivity contribution in [3.63, 3.8) is 0 Å². The molecule has 210 valence electrons. The van der Waals surface area contributed by atoms with Crippen molar-refractivity contribution < 1.29 is 19.3 Å². The third kappa shape index (κ3) is 8.53. The van der Waals surface area contributed by atoms with Crippen LogP contribution in [0, 0.1) is 0 Å². The zero-order chi connectivity index (χ0) is 29.0. The van der Waals surface area contributed by atoms with Gasteiger partial charge in [-0.3, -0.25) is 0 Å². The summed E-state index contributed by atoms with van der Waals surface area (Å²) < 4.78 is 0. The van der Waals surface area contributed by atoms with Gasteiger partial charge in [-0.2, -0.15) is 0 Å². The Kier molecular flexibility index (Phi) is 10.7. The molecule has 0 aliphatic rings. The lowest BCUT2D eigenvalue weighted by Crippen LogP contribution is -2.10. The van der Waals surface area contributed by atoms with Crippen LogP contribution in [0.15, 0.2) is 100 Å². The molecule has 0 unspecified atom stereocenters. The Morgan fingerprint density at radius 1 is 0.780 bits per heavy atom. The molecule has 0 saturated carbocycles. The molecule has 0 fully saturated rings. The van der Waals surface area contributed by atoms with Crippen molar-refractivity contribution in [2.75, 3.05) is 10.7 Å². The van der Waals surface area contributed by atoms with Crippen LogP contribution in [0.5, 0.6) is 0 Å². The predicted molar refractivity (Wildman–Crippen MR) is 168 cm³/mol. The SMILES string of the molecule is CCCCCSc1cccc(N(c2ccc(/C=N\OC(C)=O)cc2)c2cccc3cc(/C=N\OC(C)=O)ccc23)c1. The zero-order valence-corrected chi connectivity index (χ0v) is 24.3. The maximum atomic E-state index is 11.1. The maximum Gasteiger partial charge on any atom is 0.331 e. The van der Waals surface area contributed by atoms with Crippen LogP contribution in [0.25, 0.3) is 10.8 Å². The number of oxime groups is 2. The van der Waals surface area contributed by atoms with Crippen LogP contribution >= 0.6 is 11.8 Å². The van der Waals surface area contributed by atoms with E-state index in [1.54, 1.807) is 0 Å². The third-order valence-corrected chi connectivity index (χ3v) is 7.21. The average molecular weight is 568 g/mol. The summed E-state index contributed by atoms with van der Waals surface area (Å²) in [6.45, 7) is 4.85. The van der Waals surface area contributed by atoms with Gasteiger partial charge < -0.3 is 14.6 Å². The highest BCUT2D eigenvalue weighted by Crippen LogP contribution is 2.40. The first-order valence-corrected chi connectivity index (χ1v) is 14.5. The number of hydrogen-bond acceptors (Lipinski definition) is 8. The van der Waals surface area contributed by atoms with Crippen LogP contribution in [0.1, 0.15) is 51.2 Å². The minimum Gasteiger partial charge on any atom is -0.319 e. The Labute approximate surface area is 244 Å². The molecule has 0 bridgehead atoms. The second-order valence-corrected chi connectivity index (χ2v) is 10.5. The molecular formula is C33H33N3O4S. The van der Waals surface area contributed by atoms with E-state index in [2.05, 4.69) is 64.6 Å². The van der Waals surface area contributed by atoms with Crippen LogP contribution in [0.2, 0.25) is 0 Å². The van der Waals surface area contributed by atoms with E-state index in [1.807, 2.05) is 54.2 Å². The Morgan fingerprint density at radius 2 is 1.46 bits per heavy atom. The maximum absolute atomic E-state index is 11.1. The number of anilines is 3. The lowest BCUT2D eigenvalue weighted by molar-refractivity contribution is -0.141. The van der Waals surface area contributed by atoms with Crippen molar-refractivity contribution in [2.24, 2.45) is 10.3 Å². The van der Waals surface area contributed by atoms with Crippen molar-refractivity contribution >= 4 is 64.0 Å². The number of thioether (sulfide) groups is 1. The second kappa shape index (κ2) is 14.8. The second-order valence-electron chi connectivity index (χ2n) is 9.37. The van der Waals surface area contributed by atoms with Gasteiger partial charge in [-0.1, -0.05) is 72.5 Å². The smallest absolute Gasteiger partial charge is 0.319 e. The van der Waals surface area contributed by atoms with Crippen molar-refractivity contribution in [3.05, 3.63) is 96.1 Å². The van der Waals surface area contributed by atoms with Gasteiger partial charge in [0, 0.05) is 35.5 Å². The Hall–Kier alpha value is -4.43. The van der Waals surface area contributed by atoms with E-state index < -0.39 is 11.9 Å². The standard InChI is InChI=1S/C33H33N3O4S/c1-4-5-6-19-41-31-11-8-10-30(21-31)36(29-16-13-26(14-17-29)22-34-39-24(2)37)33-12-7-9-28-20-27(15-18-32(28)33)23-35-40-25(3)38/h7-18,20-23H,4-6,19H2,1-3H3/b34-22-,35-23-. The fraction of sp³-hybridized carbons (Fsp3) is 0.212. The summed E-state index contributed by atoms with van der Waals surface area (Å²) in [5.74, 6) is 0.155. The lowest BCUT2D eigenvalue weighted by Gasteiger charge is -2.27. The fourth-order valence-electron chi connectivity index (χ4n) is 4.27. The summed E-state index contributed by atoms with van der Waals surface area (Å²) in [6, 6.07) is 28.7. The molecule has 4 rings (SSSR count). The average Bonchev–Trinajstić information content (AvgIpc) is 2.96. The summed E-state index contributed by atoms with van der Waals surface area (Å²) in [5, 5.41) is 9.57. The molecule has 0 aliphatic carbocycles. The molecular weight excluding hydrogens is 534 g/mol. The molecule has 0 atom stereocenters. The first kappa shape index (κ1) is 29.6. The number of carbonyl (C=O) groups is 2. The molecule has 41 heavy (non-hydrogen) atoms. The van der Waals surface area contributed by atoms with Gasteiger partial charge in [-0.15, -0.1) is 11.8 Å². The van der Waals surface area contributed by atoms with E-state index in [1.165, 1.54) is 50.4 Å². The van der Waals surface area contributed by atoms with Gasteiger partial charge in [-0.25, -0.2) is 9.59 Å². The third-order valence-electron chi connectivity index (χ3n) is 6.13. The summed E-state index contributed by atoms with van der Waals surface area (Å²) in [5.41, 5.74) is 4.66. The normalized spacial score (nSPS) is 11.3. The topological polar surface area (TPSA) is 80.6 Å². The quantitative estimate of drug-likeness (QED) is 0.0562. The van der Waals surface area contributed by atoms with Crippen molar-refractivity contribution in [3.8, 4) is 0 Å². The van der Waals surface area contributed by atoms with Gasteiger partial charge in [0.25, 0.3) is 0 Å². The van der Waals surface area contributed by atoms with Crippen molar-refractivity contribution in [1.82, 2.24) is 0 Å². The van der Waals surface area contributed by atoms with Gasteiger partial charge in [0.15, 0.2) is 0 Å². The molecule has 0 aromatic heterocycles. The summed E-state index contributed by atoms with van der Waals surface area (Å²) >= 11 is 1.88. The number of benzene rings is 4. The molecule has 4 aromatic carbocycles. The Morgan fingerprint density at radius 3 is 2.17 bits per heavy atom. The van der Waals surface area contributed by atoms with Crippen LogP contribution in [0.4, 0.5) is 17.1 Å². The number of rotatable bonds is 12. The summed E-state index contributed by atoms with van der Waals surface area (Å²) in [6.07, 6.45) is 6.67. The molecule has 0 amide bonds.